The van der Waals surface area contributed by atoms with Crippen LogP contribution in [0.25, 0.3) is 0 Å². The number of nitrogens with two attached hydrogens (primary N) is 1. The number of thioether (sulfide) groups is 1. The Morgan fingerprint density at radius 2 is 2.11 bits per heavy atom. The van der Waals surface area contributed by atoms with Crippen molar-refractivity contribution in [2.45, 2.75) is 29.5 Å². The maximum absolute atomic E-state index is 13.0. The van der Waals surface area contributed by atoms with E-state index >= 15 is 0 Å². The summed E-state index contributed by atoms with van der Waals surface area (Å²) in [7, 11) is 0. The molecule has 3 aromatic rings. The van der Waals surface area contributed by atoms with Crippen molar-refractivity contribution < 1.29 is 14.0 Å². The number of carbonyl (C=O) groups excluding carboxylic acids is 2. The van der Waals surface area contributed by atoms with Crippen LogP contribution in [0.4, 0.5) is 10.8 Å². The van der Waals surface area contributed by atoms with E-state index in [0.29, 0.717) is 51.5 Å². The summed E-state index contributed by atoms with van der Waals surface area (Å²) < 4.78 is 7.08. The van der Waals surface area contributed by atoms with Crippen molar-refractivity contribution in [1.29, 1.82) is 5.26 Å². The molecular weight excluding hydrogens is 564 g/mol. The minimum Gasteiger partial charge on any atom is -0.468 e. The molecule has 2 aliphatic rings. The zero-order valence-corrected chi connectivity index (χ0v) is 22.0. The Morgan fingerprint density at radius 1 is 1.31 bits per heavy atom. The quantitative estimate of drug-likeness (QED) is 0.387. The molecule has 3 heterocycles. The van der Waals surface area contributed by atoms with Gasteiger partial charge in [-0.15, -0.1) is 10.2 Å². The molecule has 0 saturated carbocycles. The molecule has 0 bridgehead atoms. The van der Waals surface area contributed by atoms with Gasteiger partial charge in [0.25, 0.3) is 0 Å². The van der Waals surface area contributed by atoms with Crippen molar-refractivity contribution in [1.82, 2.24) is 10.2 Å². The number of halogens is 1. The van der Waals surface area contributed by atoms with Crippen LogP contribution in [0.2, 0.25) is 0 Å². The number of furan rings is 1. The number of nitrogens with zero attached hydrogens (tertiary/aromatic N) is 4. The number of nitriles is 1. The fraction of sp³-hybridized carbons (Fsp3) is 0.208. The molecule has 3 N–H and O–H groups in total. The summed E-state index contributed by atoms with van der Waals surface area (Å²) in [6.45, 7) is 0. The van der Waals surface area contributed by atoms with E-state index in [4.69, 9.17) is 10.2 Å². The number of rotatable bonds is 6. The van der Waals surface area contributed by atoms with Crippen LogP contribution in [-0.2, 0) is 9.59 Å². The summed E-state index contributed by atoms with van der Waals surface area (Å²) in [5, 5.41) is 21.8. The summed E-state index contributed by atoms with van der Waals surface area (Å²) in [4.78, 5) is 27.1. The zero-order chi connectivity index (χ0) is 25.2. The average Bonchev–Trinajstić information content (AvgIpc) is 3.56. The maximum atomic E-state index is 13.0. The second kappa shape index (κ2) is 10.3. The van der Waals surface area contributed by atoms with Gasteiger partial charge in [0.2, 0.25) is 11.0 Å². The molecule has 0 radical (unpaired) electrons. The SMILES string of the molecule is N#CC1=C(N)N(c2nnc(SCC(=O)Nc3ccc(Br)cc3)s2)C2=C(C(=O)CCC2)C1c1ccco1. The van der Waals surface area contributed by atoms with Gasteiger partial charge in [-0.25, -0.2) is 0 Å². The van der Waals surface area contributed by atoms with Crippen LogP contribution in [-0.4, -0.2) is 27.6 Å². The highest BCUT2D eigenvalue weighted by Crippen LogP contribution is 2.47. The lowest BCUT2D eigenvalue weighted by atomic mass is 9.78. The third-order valence-corrected chi connectivity index (χ3v) is 8.35. The van der Waals surface area contributed by atoms with E-state index in [0.717, 1.165) is 4.47 Å². The number of aromatic nitrogens is 2. The molecule has 2 aromatic heterocycles. The van der Waals surface area contributed by atoms with E-state index in [1.807, 2.05) is 12.1 Å². The van der Waals surface area contributed by atoms with Gasteiger partial charge in [0, 0.05) is 27.9 Å². The highest BCUT2D eigenvalue weighted by Gasteiger charge is 2.42. The van der Waals surface area contributed by atoms with Crippen LogP contribution in [0.5, 0.6) is 0 Å². The predicted octanol–water partition coefficient (Wildman–Crippen LogP) is 4.93. The van der Waals surface area contributed by atoms with E-state index in [9.17, 15) is 14.9 Å². The largest absolute Gasteiger partial charge is 0.468 e. The minimum absolute atomic E-state index is 0.0355. The first-order valence-corrected chi connectivity index (χ1v) is 13.6. The van der Waals surface area contributed by atoms with E-state index in [1.165, 1.54) is 29.4 Å². The zero-order valence-electron chi connectivity index (χ0n) is 18.7. The van der Waals surface area contributed by atoms with Gasteiger partial charge in [-0.1, -0.05) is 39.0 Å². The van der Waals surface area contributed by atoms with Gasteiger partial charge >= 0.3 is 0 Å². The summed E-state index contributed by atoms with van der Waals surface area (Å²) in [5.41, 5.74) is 8.66. The number of Topliss-reactive ketones (excluding diaryl/α,β-unsaturated/α-hetero) is 1. The molecule has 36 heavy (non-hydrogen) atoms. The molecule has 5 rings (SSSR count). The Morgan fingerprint density at radius 3 is 2.83 bits per heavy atom. The number of carbonyl (C=O) groups is 2. The van der Waals surface area contributed by atoms with Crippen molar-refractivity contribution in [2.75, 3.05) is 16.0 Å². The molecule has 1 aliphatic carbocycles. The van der Waals surface area contributed by atoms with Crippen LogP contribution in [0.15, 0.2) is 78.6 Å². The Hall–Kier alpha value is -3.40. The average molecular weight is 583 g/mol. The molecule has 1 atom stereocenters. The number of nitrogens with one attached hydrogen (secondary N) is 1. The third kappa shape index (κ3) is 4.69. The monoisotopic (exact) mass is 582 g/mol. The standard InChI is InChI=1S/C24H19BrN6O3S2/c25-13-6-8-14(9-7-13)28-19(33)12-35-24-30-29-23(36-24)31-16-3-1-4-17(32)21(16)20(15(11-26)22(31)27)18-5-2-10-34-18/h2,5-10,20H,1,3-4,12,27H2,(H,28,33). The number of ketones is 1. The maximum Gasteiger partial charge on any atom is 0.234 e. The number of hydrogen-bond acceptors (Lipinski definition) is 10. The summed E-state index contributed by atoms with van der Waals surface area (Å²) >= 11 is 5.87. The summed E-state index contributed by atoms with van der Waals surface area (Å²) in [6, 6.07) is 13.0. The summed E-state index contributed by atoms with van der Waals surface area (Å²) in [6.07, 6.45) is 3.19. The molecule has 0 spiro atoms. The summed E-state index contributed by atoms with van der Waals surface area (Å²) in [5.74, 6) is -0.00529. The normalized spacial score (nSPS) is 17.7. The van der Waals surface area contributed by atoms with Gasteiger partial charge in [-0.05, 0) is 49.2 Å². The van der Waals surface area contributed by atoms with Crippen LogP contribution >= 0.6 is 39.0 Å². The van der Waals surface area contributed by atoms with Crippen LogP contribution in [0.1, 0.15) is 30.9 Å². The second-order valence-corrected chi connectivity index (χ2v) is 11.1. The van der Waals surface area contributed by atoms with Crippen molar-refractivity contribution in [3.63, 3.8) is 0 Å². The van der Waals surface area contributed by atoms with Crippen molar-refractivity contribution in [2.24, 2.45) is 5.73 Å². The van der Waals surface area contributed by atoms with Gasteiger partial charge in [0.15, 0.2) is 10.1 Å². The van der Waals surface area contributed by atoms with Gasteiger partial charge in [-0.2, -0.15) is 5.26 Å². The molecule has 182 valence electrons. The molecule has 12 heteroatoms. The van der Waals surface area contributed by atoms with Crippen LogP contribution in [0, 0.1) is 11.3 Å². The van der Waals surface area contributed by atoms with E-state index in [2.05, 4.69) is 37.5 Å². The van der Waals surface area contributed by atoms with Crippen molar-refractivity contribution >= 4 is 61.5 Å². The molecule has 1 amide bonds. The highest BCUT2D eigenvalue weighted by atomic mass is 79.9. The van der Waals surface area contributed by atoms with Crippen molar-refractivity contribution in [3.05, 3.63) is 75.6 Å². The Labute approximate surface area is 223 Å². The van der Waals surface area contributed by atoms with Gasteiger partial charge in [0.05, 0.1) is 29.6 Å². The Balaban J connectivity index is 1.39. The molecule has 1 unspecified atom stereocenters. The fourth-order valence-corrected chi connectivity index (χ4v) is 6.20. The lowest BCUT2D eigenvalue weighted by molar-refractivity contribution is -0.116. The van der Waals surface area contributed by atoms with Crippen molar-refractivity contribution in [3.8, 4) is 6.07 Å². The molecule has 1 aliphatic heterocycles. The second-order valence-electron chi connectivity index (χ2n) is 8.03. The van der Waals surface area contributed by atoms with E-state index in [-0.39, 0.29) is 28.8 Å². The lowest BCUT2D eigenvalue weighted by Gasteiger charge is -2.37. The molecule has 9 nitrogen and oxygen atoms in total. The first-order valence-electron chi connectivity index (χ1n) is 11.0. The molecule has 0 fully saturated rings. The third-order valence-electron chi connectivity index (χ3n) is 5.78. The van der Waals surface area contributed by atoms with E-state index < -0.39 is 5.92 Å². The Kier molecular flexibility index (Phi) is 6.95. The molecule has 1 aromatic carbocycles. The van der Waals surface area contributed by atoms with Crippen LogP contribution < -0.4 is 16.0 Å². The molecule has 0 saturated heterocycles. The van der Waals surface area contributed by atoms with Crippen LogP contribution in [0.3, 0.4) is 0 Å². The highest BCUT2D eigenvalue weighted by molar-refractivity contribution is 9.10. The smallest absolute Gasteiger partial charge is 0.234 e. The lowest BCUT2D eigenvalue weighted by Crippen LogP contribution is -2.38. The van der Waals surface area contributed by atoms with E-state index in [1.54, 1.807) is 29.2 Å². The Bertz CT molecular complexity index is 1420. The molecular formula is C24H19BrN6O3S2. The number of allylic oxidation sites excluding steroid dienone is 3. The topological polar surface area (TPSA) is 138 Å². The fourth-order valence-electron chi connectivity index (χ4n) is 4.25. The van der Waals surface area contributed by atoms with Gasteiger partial charge in [-0.3, -0.25) is 14.5 Å². The number of benzene rings is 1. The van der Waals surface area contributed by atoms with Gasteiger partial charge in [0.1, 0.15) is 11.6 Å². The predicted molar refractivity (Wildman–Crippen MR) is 140 cm³/mol. The number of anilines is 2. The number of amides is 1. The first-order chi connectivity index (χ1) is 17.5. The van der Waals surface area contributed by atoms with Gasteiger partial charge < -0.3 is 15.5 Å². The first kappa shape index (κ1) is 24.3. The number of hydrogen-bond donors (Lipinski definition) is 2. The minimum atomic E-state index is -0.645.